The van der Waals surface area contributed by atoms with E-state index in [-0.39, 0.29) is 30.8 Å². The topological polar surface area (TPSA) is 140 Å². The van der Waals surface area contributed by atoms with E-state index in [4.69, 9.17) is 14.2 Å². The molecule has 1 aromatic carbocycles. The van der Waals surface area contributed by atoms with Gasteiger partial charge in [-0.25, -0.2) is 23.5 Å². The molecule has 3 aromatic rings. The van der Waals surface area contributed by atoms with Gasteiger partial charge in [0.15, 0.2) is 5.65 Å². The van der Waals surface area contributed by atoms with Crippen LogP contribution in [0, 0.1) is 17.1 Å². The van der Waals surface area contributed by atoms with Crippen molar-refractivity contribution in [2.24, 2.45) is 0 Å². The van der Waals surface area contributed by atoms with Crippen LogP contribution in [0.4, 0.5) is 15.0 Å². The fourth-order valence-electron chi connectivity index (χ4n) is 3.51. The molecule has 12 heteroatoms. The number of halogens is 1. The first-order chi connectivity index (χ1) is 18.0. The number of fused-ring (bicyclic) bond motifs is 1. The second-order valence-electron chi connectivity index (χ2n) is 9.41. The van der Waals surface area contributed by atoms with Crippen LogP contribution in [0.2, 0.25) is 0 Å². The van der Waals surface area contributed by atoms with Gasteiger partial charge in [-0.2, -0.15) is 10.4 Å². The standard InChI is InChI=1S/C26H31FN6O5/c1-6-36-24(34)19-15-30-33-12-10-22(32-23(19)33)31-20(9-11-28)18-13-17(27)7-8-21(18)37-16(2)14-29-25(35)38-26(3,4)5/h7-8,10,12-13,15-16,20H,6,9,14H2,1-5H3,(H,29,35)(H,31,32)/t16-,20+/m0/s1. The summed E-state index contributed by atoms with van der Waals surface area (Å²) < 4.78 is 32.0. The van der Waals surface area contributed by atoms with Crippen molar-refractivity contribution in [2.45, 2.75) is 58.8 Å². The van der Waals surface area contributed by atoms with Crippen molar-refractivity contribution >= 4 is 23.5 Å². The molecule has 2 atom stereocenters. The number of benzene rings is 1. The Morgan fingerprint density at radius 2 is 2.03 bits per heavy atom. The summed E-state index contributed by atoms with van der Waals surface area (Å²) in [5, 5.41) is 19.4. The number of amides is 1. The van der Waals surface area contributed by atoms with E-state index < -0.39 is 35.6 Å². The van der Waals surface area contributed by atoms with Gasteiger partial charge in [-0.1, -0.05) is 0 Å². The van der Waals surface area contributed by atoms with Crippen molar-refractivity contribution < 1.29 is 28.2 Å². The highest BCUT2D eigenvalue weighted by molar-refractivity contribution is 5.95. The van der Waals surface area contributed by atoms with Crippen molar-refractivity contribution in [3.8, 4) is 11.8 Å². The summed E-state index contributed by atoms with van der Waals surface area (Å²) in [6.45, 7) is 9.06. The number of rotatable bonds is 10. The number of alkyl carbamates (subject to hydrolysis) is 1. The Labute approximate surface area is 219 Å². The number of carbonyl (C=O) groups excluding carboxylic acids is 2. The molecule has 3 rings (SSSR count). The van der Waals surface area contributed by atoms with Gasteiger partial charge in [0.05, 0.1) is 37.9 Å². The number of nitrogens with zero attached hydrogens (tertiary/aromatic N) is 4. The smallest absolute Gasteiger partial charge is 0.407 e. The maximum Gasteiger partial charge on any atom is 0.407 e. The Balaban J connectivity index is 1.82. The van der Waals surface area contributed by atoms with E-state index in [0.717, 1.165) is 0 Å². The lowest BCUT2D eigenvalue weighted by Crippen LogP contribution is -2.37. The summed E-state index contributed by atoms with van der Waals surface area (Å²) in [4.78, 5) is 28.7. The molecular formula is C26H31FN6O5. The molecule has 0 spiro atoms. The van der Waals surface area contributed by atoms with Gasteiger partial charge >= 0.3 is 12.1 Å². The molecule has 0 radical (unpaired) electrons. The van der Waals surface area contributed by atoms with Crippen molar-refractivity contribution in [1.82, 2.24) is 19.9 Å². The number of anilines is 1. The largest absolute Gasteiger partial charge is 0.489 e. The lowest BCUT2D eigenvalue weighted by Gasteiger charge is -2.24. The number of hydrogen-bond donors (Lipinski definition) is 2. The number of nitriles is 1. The molecule has 0 saturated carbocycles. The van der Waals surface area contributed by atoms with Crippen molar-refractivity contribution in [3.05, 3.63) is 53.6 Å². The molecule has 202 valence electrons. The number of hydrogen-bond acceptors (Lipinski definition) is 9. The minimum absolute atomic E-state index is 0.0405. The Kier molecular flexibility index (Phi) is 9.07. The first-order valence-corrected chi connectivity index (χ1v) is 12.1. The fourth-order valence-corrected chi connectivity index (χ4v) is 3.51. The van der Waals surface area contributed by atoms with Crippen LogP contribution in [0.15, 0.2) is 36.7 Å². The lowest BCUT2D eigenvalue weighted by molar-refractivity contribution is 0.0501. The van der Waals surface area contributed by atoms with Crippen LogP contribution in [0.25, 0.3) is 5.65 Å². The molecule has 1 amide bonds. The summed E-state index contributed by atoms with van der Waals surface area (Å²) >= 11 is 0. The number of carbonyl (C=O) groups is 2. The molecule has 0 bridgehead atoms. The van der Waals surface area contributed by atoms with Crippen LogP contribution in [0.3, 0.4) is 0 Å². The Morgan fingerprint density at radius 3 is 2.71 bits per heavy atom. The van der Waals surface area contributed by atoms with E-state index in [2.05, 4.69) is 26.8 Å². The molecule has 0 aliphatic heterocycles. The Morgan fingerprint density at radius 1 is 1.26 bits per heavy atom. The minimum atomic E-state index is -0.708. The minimum Gasteiger partial charge on any atom is -0.489 e. The molecule has 0 saturated heterocycles. The summed E-state index contributed by atoms with van der Waals surface area (Å²) in [7, 11) is 0. The van der Waals surface area contributed by atoms with E-state index in [0.29, 0.717) is 17.1 Å². The predicted octanol–water partition coefficient (Wildman–Crippen LogP) is 4.40. The number of nitrogens with one attached hydrogen (secondary N) is 2. The van der Waals surface area contributed by atoms with Gasteiger partial charge in [-0.3, -0.25) is 0 Å². The quantitative estimate of drug-likeness (QED) is 0.368. The second kappa shape index (κ2) is 12.2. The molecule has 0 aliphatic carbocycles. The van der Waals surface area contributed by atoms with Gasteiger partial charge in [0.1, 0.15) is 34.7 Å². The average Bonchev–Trinajstić information content (AvgIpc) is 3.26. The molecule has 11 nitrogen and oxygen atoms in total. The third-order valence-corrected chi connectivity index (χ3v) is 5.09. The van der Waals surface area contributed by atoms with Crippen molar-refractivity contribution in [3.63, 3.8) is 0 Å². The lowest BCUT2D eigenvalue weighted by atomic mass is 10.0. The normalized spacial score (nSPS) is 12.8. The van der Waals surface area contributed by atoms with E-state index in [1.807, 2.05) is 0 Å². The summed E-state index contributed by atoms with van der Waals surface area (Å²) in [5.74, 6) is -0.412. The summed E-state index contributed by atoms with van der Waals surface area (Å²) in [6, 6.07) is 6.99. The van der Waals surface area contributed by atoms with Crippen LogP contribution in [-0.2, 0) is 9.47 Å². The molecule has 2 N–H and O–H groups in total. The Bertz CT molecular complexity index is 1330. The van der Waals surface area contributed by atoms with E-state index in [1.165, 1.54) is 28.9 Å². The molecule has 0 unspecified atom stereocenters. The number of esters is 1. The molecule has 0 fully saturated rings. The van der Waals surface area contributed by atoms with Crippen molar-refractivity contribution in [1.29, 1.82) is 5.26 Å². The average molecular weight is 527 g/mol. The molecule has 2 heterocycles. The van der Waals surface area contributed by atoms with E-state index >= 15 is 0 Å². The van der Waals surface area contributed by atoms with Crippen LogP contribution >= 0.6 is 0 Å². The summed E-state index contributed by atoms with van der Waals surface area (Å²) in [5.41, 5.74) is 0.200. The van der Waals surface area contributed by atoms with Crippen LogP contribution in [0.1, 0.15) is 63.0 Å². The molecule has 38 heavy (non-hydrogen) atoms. The maximum atomic E-state index is 14.3. The maximum absolute atomic E-state index is 14.3. The van der Waals surface area contributed by atoms with Gasteiger partial charge < -0.3 is 24.8 Å². The fraction of sp³-hybridized carbons (Fsp3) is 0.423. The molecular weight excluding hydrogens is 495 g/mol. The van der Waals surface area contributed by atoms with Gasteiger partial charge in [0.2, 0.25) is 0 Å². The first-order valence-electron chi connectivity index (χ1n) is 12.1. The third-order valence-electron chi connectivity index (χ3n) is 5.09. The van der Waals surface area contributed by atoms with Gasteiger partial charge in [-0.15, -0.1) is 0 Å². The zero-order chi connectivity index (χ0) is 27.9. The monoisotopic (exact) mass is 526 g/mol. The van der Waals surface area contributed by atoms with Gasteiger partial charge in [0, 0.05) is 11.8 Å². The SMILES string of the molecule is CCOC(=O)c1cnn2ccc(N[C@H](CC#N)c3cc(F)ccc3O[C@@H](C)CNC(=O)OC(C)(C)C)nc12. The van der Waals surface area contributed by atoms with E-state index in [1.54, 1.807) is 46.9 Å². The first kappa shape index (κ1) is 28.2. The van der Waals surface area contributed by atoms with Crippen molar-refractivity contribution in [2.75, 3.05) is 18.5 Å². The Hall–Kier alpha value is -4.40. The third kappa shape index (κ3) is 7.55. The highest BCUT2D eigenvalue weighted by atomic mass is 19.1. The van der Waals surface area contributed by atoms with Crippen LogP contribution in [0.5, 0.6) is 5.75 Å². The molecule has 0 aliphatic rings. The highest BCUT2D eigenvalue weighted by Crippen LogP contribution is 2.31. The predicted molar refractivity (Wildman–Crippen MR) is 136 cm³/mol. The van der Waals surface area contributed by atoms with E-state index in [9.17, 15) is 19.2 Å². The number of ether oxygens (including phenoxy) is 3. The summed E-state index contributed by atoms with van der Waals surface area (Å²) in [6.07, 6.45) is 1.84. The van der Waals surface area contributed by atoms with Crippen LogP contribution in [-0.4, -0.2) is 51.5 Å². The van der Waals surface area contributed by atoms with Crippen LogP contribution < -0.4 is 15.4 Å². The second-order valence-corrected chi connectivity index (χ2v) is 9.41. The zero-order valence-electron chi connectivity index (χ0n) is 21.9. The highest BCUT2D eigenvalue weighted by Gasteiger charge is 2.22. The molecule has 2 aromatic heterocycles. The van der Waals surface area contributed by atoms with Gasteiger partial charge in [-0.05, 0) is 58.9 Å². The zero-order valence-corrected chi connectivity index (χ0v) is 21.9. The van der Waals surface area contributed by atoms with Gasteiger partial charge in [0.25, 0.3) is 0 Å². The number of aromatic nitrogens is 3.